The van der Waals surface area contributed by atoms with Crippen LogP contribution in [-0.2, 0) is 5.41 Å². The third-order valence-electron chi connectivity index (χ3n) is 2.77. The zero-order valence-electron chi connectivity index (χ0n) is 8.04. The first-order valence-electron chi connectivity index (χ1n) is 4.58. The van der Waals surface area contributed by atoms with Crippen molar-refractivity contribution in [1.29, 1.82) is 5.26 Å². The van der Waals surface area contributed by atoms with Crippen molar-refractivity contribution >= 4 is 5.82 Å². The van der Waals surface area contributed by atoms with E-state index in [1.807, 2.05) is 12.1 Å². The van der Waals surface area contributed by atoms with Crippen LogP contribution in [0.15, 0.2) is 12.1 Å². The van der Waals surface area contributed by atoms with Gasteiger partial charge in [0, 0.05) is 11.1 Å². The van der Waals surface area contributed by atoms with E-state index in [2.05, 4.69) is 17.3 Å². The van der Waals surface area contributed by atoms with Crippen LogP contribution in [-0.4, -0.2) is 4.98 Å². The lowest BCUT2D eigenvalue weighted by molar-refractivity contribution is 0.750. The van der Waals surface area contributed by atoms with Crippen molar-refractivity contribution in [2.45, 2.75) is 25.2 Å². The first-order chi connectivity index (χ1) is 6.69. The fourth-order valence-corrected chi connectivity index (χ4v) is 1.44. The highest BCUT2D eigenvalue weighted by Gasteiger charge is 2.40. The Morgan fingerprint density at radius 2 is 2.29 bits per heavy atom. The normalized spacial score (nSPS) is 17.2. The highest BCUT2D eigenvalue weighted by Crippen LogP contribution is 2.46. The van der Waals surface area contributed by atoms with Gasteiger partial charge in [-0.15, -0.1) is 0 Å². The van der Waals surface area contributed by atoms with E-state index in [0.717, 1.165) is 18.5 Å². The van der Waals surface area contributed by atoms with Crippen LogP contribution in [0.2, 0.25) is 0 Å². The van der Waals surface area contributed by atoms with Crippen LogP contribution in [0.4, 0.5) is 5.82 Å². The Morgan fingerprint density at radius 1 is 1.57 bits per heavy atom. The van der Waals surface area contributed by atoms with Gasteiger partial charge in [0.2, 0.25) is 0 Å². The molecule has 0 amide bonds. The molecule has 14 heavy (non-hydrogen) atoms. The van der Waals surface area contributed by atoms with E-state index in [4.69, 9.17) is 11.1 Å². The largest absolute Gasteiger partial charge is 0.307 e. The highest BCUT2D eigenvalue weighted by molar-refractivity contribution is 5.52. The number of nitriles is 1. The van der Waals surface area contributed by atoms with Crippen LogP contribution in [0.3, 0.4) is 0 Å². The Morgan fingerprint density at radius 3 is 2.79 bits per heavy atom. The van der Waals surface area contributed by atoms with Gasteiger partial charge < -0.3 is 5.43 Å². The molecule has 1 aromatic rings. The number of nitrogens with two attached hydrogens (primary N) is 1. The minimum Gasteiger partial charge on any atom is -0.307 e. The van der Waals surface area contributed by atoms with Crippen molar-refractivity contribution < 1.29 is 0 Å². The zero-order chi connectivity index (χ0) is 10.2. The smallest absolute Gasteiger partial charge is 0.158 e. The number of pyridine rings is 1. The molecule has 0 spiro atoms. The molecule has 0 radical (unpaired) electrons. The fourth-order valence-electron chi connectivity index (χ4n) is 1.44. The van der Waals surface area contributed by atoms with Crippen LogP contribution in [0.25, 0.3) is 0 Å². The number of hydrazine groups is 1. The van der Waals surface area contributed by atoms with Gasteiger partial charge in [0.15, 0.2) is 5.82 Å². The maximum Gasteiger partial charge on any atom is 0.158 e. The van der Waals surface area contributed by atoms with E-state index >= 15 is 0 Å². The lowest BCUT2D eigenvalue weighted by Crippen LogP contribution is -2.13. The van der Waals surface area contributed by atoms with Gasteiger partial charge in [-0.2, -0.15) is 5.26 Å². The van der Waals surface area contributed by atoms with Crippen LogP contribution < -0.4 is 11.3 Å². The Labute approximate surface area is 82.7 Å². The molecular formula is C10H12N4. The summed E-state index contributed by atoms with van der Waals surface area (Å²) >= 11 is 0. The molecule has 1 heterocycles. The summed E-state index contributed by atoms with van der Waals surface area (Å²) in [4.78, 5) is 4.34. The maximum atomic E-state index is 8.77. The fraction of sp³-hybridized carbons (Fsp3) is 0.400. The van der Waals surface area contributed by atoms with Crippen molar-refractivity contribution in [3.63, 3.8) is 0 Å². The number of hydrogen-bond acceptors (Lipinski definition) is 4. The van der Waals surface area contributed by atoms with Gasteiger partial charge in [0.1, 0.15) is 6.07 Å². The molecule has 0 unspecified atom stereocenters. The van der Waals surface area contributed by atoms with Gasteiger partial charge in [-0.1, -0.05) is 6.92 Å². The number of hydrogen-bond donors (Lipinski definition) is 2. The van der Waals surface area contributed by atoms with E-state index in [1.165, 1.54) is 0 Å². The van der Waals surface area contributed by atoms with Crippen molar-refractivity contribution in [2.24, 2.45) is 5.84 Å². The molecule has 1 saturated carbocycles. The molecule has 1 aliphatic rings. The molecule has 0 aliphatic heterocycles. The molecule has 4 heteroatoms. The molecule has 72 valence electrons. The topological polar surface area (TPSA) is 74.7 Å². The second-order valence-electron chi connectivity index (χ2n) is 3.91. The summed E-state index contributed by atoms with van der Waals surface area (Å²) in [5.74, 6) is 5.77. The van der Waals surface area contributed by atoms with Crippen LogP contribution in [0.5, 0.6) is 0 Å². The van der Waals surface area contributed by atoms with Gasteiger partial charge in [-0.25, -0.2) is 10.8 Å². The SMILES string of the molecule is CC1(c2ccc(C#N)c(NN)n2)CC1. The minimum absolute atomic E-state index is 0.208. The second-order valence-corrected chi connectivity index (χ2v) is 3.91. The van der Waals surface area contributed by atoms with Gasteiger partial charge >= 0.3 is 0 Å². The van der Waals surface area contributed by atoms with E-state index in [1.54, 1.807) is 6.07 Å². The summed E-state index contributed by atoms with van der Waals surface area (Å²) in [6.07, 6.45) is 2.33. The first-order valence-corrected chi connectivity index (χ1v) is 4.58. The Hall–Kier alpha value is -1.60. The highest BCUT2D eigenvalue weighted by atomic mass is 15.3. The maximum absolute atomic E-state index is 8.77. The number of anilines is 1. The average Bonchev–Trinajstić information content (AvgIpc) is 2.97. The van der Waals surface area contributed by atoms with E-state index in [-0.39, 0.29) is 5.41 Å². The number of nitrogen functional groups attached to an aromatic ring is 1. The molecule has 0 aromatic carbocycles. The third-order valence-corrected chi connectivity index (χ3v) is 2.77. The van der Waals surface area contributed by atoms with Crippen LogP contribution >= 0.6 is 0 Å². The van der Waals surface area contributed by atoms with Gasteiger partial charge in [0.25, 0.3) is 0 Å². The minimum atomic E-state index is 0.208. The Kier molecular flexibility index (Phi) is 1.90. The second kappa shape index (κ2) is 2.96. The lowest BCUT2D eigenvalue weighted by Gasteiger charge is -2.10. The quantitative estimate of drug-likeness (QED) is 0.541. The average molecular weight is 188 g/mol. The predicted octanol–water partition coefficient (Wildman–Crippen LogP) is 1.29. The van der Waals surface area contributed by atoms with E-state index < -0.39 is 0 Å². The molecule has 1 aliphatic carbocycles. The summed E-state index contributed by atoms with van der Waals surface area (Å²) in [7, 11) is 0. The van der Waals surface area contributed by atoms with Crippen LogP contribution in [0.1, 0.15) is 31.0 Å². The summed E-state index contributed by atoms with van der Waals surface area (Å²) in [5.41, 5.74) is 4.17. The summed E-state index contributed by atoms with van der Waals surface area (Å²) in [5, 5.41) is 8.77. The zero-order valence-corrected chi connectivity index (χ0v) is 8.04. The monoisotopic (exact) mass is 188 g/mol. The van der Waals surface area contributed by atoms with Gasteiger partial charge in [-0.05, 0) is 25.0 Å². The molecule has 3 N–H and O–H groups in total. The standard InChI is InChI=1S/C10H12N4/c1-10(4-5-10)8-3-2-7(6-11)9(13-8)14-12/h2-3H,4-5,12H2,1H3,(H,13,14). The Balaban J connectivity index is 2.43. The Bertz CT molecular complexity index is 401. The molecular weight excluding hydrogens is 176 g/mol. The summed E-state index contributed by atoms with van der Waals surface area (Å²) in [6.45, 7) is 2.17. The predicted molar refractivity (Wildman–Crippen MR) is 53.3 cm³/mol. The molecule has 1 aromatic heterocycles. The number of nitrogens with one attached hydrogen (secondary N) is 1. The van der Waals surface area contributed by atoms with Crippen LogP contribution in [0, 0.1) is 11.3 Å². The third kappa shape index (κ3) is 1.32. The molecule has 0 bridgehead atoms. The first kappa shape index (κ1) is 8.97. The van der Waals surface area contributed by atoms with Crippen molar-refractivity contribution in [1.82, 2.24) is 4.98 Å². The molecule has 0 atom stereocenters. The van der Waals surface area contributed by atoms with Crippen molar-refractivity contribution in [2.75, 3.05) is 5.43 Å². The van der Waals surface area contributed by atoms with Crippen molar-refractivity contribution in [3.05, 3.63) is 23.4 Å². The van der Waals surface area contributed by atoms with Gasteiger partial charge in [-0.3, -0.25) is 0 Å². The van der Waals surface area contributed by atoms with E-state index in [0.29, 0.717) is 11.4 Å². The summed E-state index contributed by atoms with van der Waals surface area (Å²) in [6, 6.07) is 5.71. The number of nitrogens with zero attached hydrogens (tertiary/aromatic N) is 2. The molecule has 2 rings (SSSR count). The molecule has 1 fully saturated rings. The van der Waals surface area contributed by atoms with E-state index in [9.17, 15) is 0 Å². The molecule has 0 saturated heterocycles. The number of rotatable bonds is 2. The summed E-state index contributed by atoms with van der Waals surface area (Å²) < 4.78 is 0. The molecule has 4 nitrogen and oxygen atoms in total. The number of aromatic nitrogens is 1. The van der Waals surface area contributed by atoms with Crippen molar-refractivity contribution in [3.8, 4) is 6.07 Å². The lowest BCUT2D eigenvalue weighted by atomic mass is 10.0. The van der Waals surface area contributed by atoms with Gasteiger partial charge in [0.05, 0.1) is 5.56 Å².